The Labute approximate surface area is 135 Å². The zero-order chi connectivity index (χ0) is 15.9. The van der Waals surface area contributed by atoms with E-state index in [-0.39, 0.29) is 5.91 Å². The molecule has 1 atom stereocenters. The third kappa shape index (κ3) is 3.09. The average molecular weight is 317 g/mol. The number of rotatable bonds is 2. The van der Waals surface area contributed by atoms with Crippen LogP contribution in [0.3, 0.4) is 0 Å². The summed E-state index contributed by atoms with van der Waals surface area (Å²) in [5.41, 5.74) is 1.69. The number of hydrogen-bond donors (Lipinski definition) is 1. The van der Waals surface area contributed by atoms with Gasteiger partial charge in [0, 0.05) is 24.2 Å². The molecular formula is C17H23N3OS. The molecule has 2 aromatic rings. The quantitative estimate of drug-likeness (QED) is 0.913. The number of nitrogens with one attached hydrogen (secondary N) is 1. The Balaban J connectivity index is 1.75. The zero-order valence-electron chi connectivity index (χ0n) is 13.6. The van der Waals surface area contributed by atoms with Crippen molar-refractivity contribution in [1.82, 2.24) is 9.78 Å². The molecule has 0 aromatic carbocycles. The highest BCUT2D eigenvalue weighted by atomic mass is 32.1. The minimum absolute atomic E-state index is 0.0505. The van der Waals surface area contributed by atoms with E-state index < -0.39 is 0 Å². The second-order valence-electron chi connectivity index (χ2n) is 7.19. The maximum absolute atomic E-state index is 12.4. The lowest BCUT2D eigenvalue weighted by Crippen LogP contribution is -2.26. The first-order chi connectivity index (χ1) is 10.3. The van der Waals surface area contributed by atoms with Crippen LogP contribution in [0.4, 0.5) is 5.82 Å². The van der Waals surface area contributed by atoms with Crippen LogP contribution in [0.2, 0.25) is 0 Å². The zero-order valence-corrected chi connectivity index (χ0v) is 14.5. The summed E-state index contributed by atoms with van der Waals surface area (Å²) >= 11 is 1.64. The van der Waals surface area contributed by atoms with Gasteiger partial charge in [-0.15, -0.1) is 11.3 Å². The standard InChI is InChI=1S/C17H23N3OS/c1-17(2,3)12-5-6-13-11(9-12)10-14(22-13)16(21)18-15-7-8-20(4)19-15/h7-8,10,12H,5-6,9H2,1-4H3,(H,18,19,21)/t12-/m0/s1. The maximum atomic E-state index is 12.4. The minimum Gasteiger partial charge on any atom is -0.304 e. The summed E-state index contributed by atoms with van der Waals surface area (Å²) in [5.74, 6) is 1.25. The molecular weight excluding hydrogens is 294 g/mol. The van der Waals surface area contributed by atoms with Crippen LogP contribution in [-0.2, 0) is 19.9 Å². The molecule has 0 spiro atoms. The molecule has 1 aliphatic rings. The van der Waals surface area contributed by atoms with E-state index in [2.05, 4.69) is 37.3 Å². The van der Waals surface area contributed by atoms with Crippen molar-refractivity contribution >= 4 is 23.1 Å². The van der Waals surface area contributed by atoms with Crippen LogP contribution in [0.5, 0.6) is 0 Å². The Bertz CT molecular complexity index is 693. The van der Waals surface area contributed by atoms with Crippen molar-refractivity contribution in [2.45, 2.75) is 40.0 Å². The molecule has 0 unspecified atom stereocenters. The lowest BCUT2D eigenvalue weighted by Gasteiger charge is -2.33. The minimum atomic E-state index is -0.0505. The van der Waals surface area contributed by atoms with Gasteiger partial charge >= 0.3 is 0 Å². The summed E-state index contributed by atoms with van der Waals surface area (Å²) in [5, 5.41) is 7.06. The van der Waals surface area contributed by atoms with Crippen LogP contribution in [0.15, 0.2) is 18.3 Å². The molecule has 4 nitrogen and oxygen atoms in total. The molecule has 5 heteroatoms. The van der Waals surface area contributed by atoms with Gasteiger partial charge in [0.25, 0.3) is 5.91 Å². The normalized spacial score (nSPS) is 18.1. The van der Waals surface area contributed by atoms with Gasteiger partial charge in [0.2, 0.25) is 0 Å². The summed E-state index contributed by atoms with van der Waals surface area (Å²) in [6.07, 6.45) is 5.23. The Morgan fingerprint density at radius 1 is 1.45 bits per heavy atom. The molecule has 3 rings (SSSR count). The summed E-state index contributed by atoms with van der Waals surface area (Å²) < 4.78 is 1.68. The van der Waals surface area contributed by atoms with Crippen molar-refractivity contribution in [3.05, 3.63) is 33.6 Å². The summed E-state index contributed by atoms with van der Waals surface area (Å²) in [6, 6.07) is 3.89. The number of aromatic nitrogens is 2. The van der Waals surface area contributed by atoms with E-state index in [0.717, 1.165) is 17.7 Å². The highest BCUT2D eigenvalue weighted by Crippen LogP contribution is 2.40. The first-order valence-corrected chi connectivity index (χ1v) is 8.57. The molecule has 0 aliphatic heterocycles. The van der Waals surface area contributed by atoms with E-state index in [9.17, 15) is 4.79 Å². The topological polar surface area (TPSA) is 46.9 Å². The van der Waals surface area contributed by atoms with Gasteiger partial charge in [-0.2, -0.15) is 5.10 Å². The first kappa shape index (κ1) is 15.3. The first-order valence-electron chi connectivity index (χ1n) is 7.75. The van der Waals surface area contributed by atoms with Crippen LogP contribution < -0.4 is 5.32 Å². The number of aryl methyl sites for hydroxylation is 2. The predicted molar refractivity (Wildman–Crippen MR) is 90.5 cm³/mol. The molecule has 1 aliphatic carbocycles. The fourth-order valence-corrected chi connectivity index (χ4v) is 4.14. The lowest BCUT2D eigenvalue weighted by atomic mass is 9.72. The monoisotopic (exact) mass is 317 g/mol. The summed E-state index contributed by atoms with van der Waals surface area (Å²) in [6.45, 7) is 6.93. The van der Waals surface area contributed by atoms with E-state index in [1.165, 1.54) is 16.9 Å². The van der Waals surface area contributed by atoms with Gasteiger partial charge in [0.05, 0.1) is 4.88 Å². The van der Waals surface area contributed by atoms with E-state index in [1.807, 2.05) is 13.2 Å². The fraction of sp³-hybridized carbons (Fsp3) is 0.529. The maximum Gasteiger partial charge on any atom is 0.266 e. The molecule has 2 aromatic heterocycles. The Morgan fingerprint density at radius 3 is 2.86 bits per heavy atom. The molecule has 0 saturated heterocycles. The van der Waals surface area contributed by atoms with E-state index in [1.54, 1.807) is 22.1 Å². The number of anilines is 1. The average Bonchev–Trinajstić information content (AvgIpc) is 3.02. The van der Waals surface area contributed by atoms with Crippen LogP contribution in [0, 0.1) is 11.3 Å². The predicted octanol–water partition coefficient (Wildman–Crippen LogP) is 3.88. The number of fused-ring (bicyclic) bond motifs is 1. The van der Waals surface area contributed by atoms with Crippen molar-refractivity contribution in [3.8, 4) is 0 Å². The largest absolute Gasteiger partial charge is 0.304 e. The Kier molecular flexibility index (Phi) is 3.85. The third-order valence-corrected chi connectivity index (χ3v) is 5.72. The van der Waals surface area contributed by atoms with Crippen LogP contribution in [0.1, 0.15) is 47.3 Å². The number of carbonyl (C=O) groups is 1. The van der Waals surface area contributed by atoms with E-state index in [4.69, 9.17) is 0 Å². The SMILES string of the molecule is Cn1ccc(NC(=O)c2cc3c(s2)CC[C@H](C(C)(C)C)C3)n1. The molecule has 22 heavy (non-hydrogen) atoms. The number of hydrogen-bond acceptors (Lipinski definition) is 3. The number of thiophene rings is 1. The molecule has 1 N–H and O–H groups in total. The van der Waals surface area contributed by atoms with Crippen LogP contribution in [0.25, 0.3) is 0 Å². The van der Waals surface area contributed by atoms with Crippen LogP contribution >= 0.6 is 11.3 Å². The van der Waals surface area contributed by atoms with Crippen molar-refractivity contribution in [2.75, 3.05) is 5.32 Å². The summed E-state index contributed by atoms with van der Waals surface area (Å²) in [7, 11) is 1.84. The Morgan fingerprint density at radius 2 is 2.23 bits per heavy atom. The molecule has 0 bridgehead atoms. The number of nitrogens with zero attached hydrogens (tertiary/aromatic N) is 2. The van der Waals surface area contributed by atoms with Crippen molar-refractivity contribution < 1.29 is 4.79 Å². The summed E-state index contributed by atoms with van der Waals surface area (Å²) in [4.78, 5) is 14.5. The van der Waals surface area contributed by atoms with Crippen molar-refractivity contribution in [1.29, 1.82) is 0 Å². The fourth-order valence-electron chi connectivity index (χ4n) is 3.03. The highest BCUT2D eigenvalue weighted by molar-refractivity contribution is 7.14. The van der Waals surface area contributed by atoms with Gasteiger partial charge in [-0.05, 0) is 42.2 Å². The van der Waals surface area contributed by atoms with Crippen molar-refractivity contribution in [2.24, 2.45) is 18.4 Å². The number of amides is 1. The molecule has 0 saturated carbocycles. The van der Waals surface area contributed by atoms with E-state index >= 15 is 0 Å². The van der Waals surface area contributed by atoms with Gasteiger partial charge in [-0.3, -0.25) is 9.48 Å². The second-order valence-corrected chi connectivity index (χ2v) is 8.33. The van der Waals surface area contributed by atoms with Gasteiger partial charge < -0.3 is 5.32 Å². The van der Waals surface area contributed by atoms with Gasteiger partial charge in [-0.25, -0.2) is 0 Å². The molecule has 0 fully saturated rings. The van der Waals surface area contributed by atoms with Crippen LogP contribution in [-0.4, -0.2) is 15.7 Å². The smallest absolute Gasteiger partial charge is 0.266 e. The Hall–Kier alpha value is -1.62. The molecule has 0 radical (unpaired) electrons. The van der Waals surface area contributed by atoms with Gasteiger partial charge in [-0.1, -0.05) is 20.8 Å². The molecule has 118 valence electrons. The molecule has 2 heterocycles. The lowest BCUT2D eigenvalue weighted by molar-refractivity contribution is 0.103. The molecule has 1 amide bonds. The third-order valence-electron chi connectivity index (χ3n) is 4.49. The van der Waals surface area contributed by atoms with Gasteiger partial charge in [0.1, 0.15) is 0 Å². The highest BCUT2D eigenvalue weighted by Gasteiger charge is 2.30. The number of carbonyl (C=O) groups excluding carboxylic acids is 1. The van der Waals surface area contributed by atoms with Gasteiger partial charge in [0.15, 0.2) is 5.82 Å². The second kappa shape index (κ2) is 5.54. The van der Waals surface area contributed by atoms with Crippen molar-refractivity contribution in [3.63, 3.8) is 0 Å². The van der Waals surface area contributed by atoms with E-state index in [0.29, 0.717) is 17.2 Å².